The van der Waals surface area contributed by atoms with Gasteiger partial charge in [0.2, 0.25) is 5.91 Å². The first kappa shape index (κ1) is 19.4. The molecule has 0 aromatic rings. The molecule has 0 aromatic carbocycles. The molecule has 5 heteroatoms. The molecule has 0 spiro atoms. The lowest BCUT2D eigenvalue weighted by Crippen LogP contribution is -2.50. The average Bonchev–Trinajstić information content (AvgIpc) is 2.48. The summed E-state index contributed by atoms with van der Waals surface area (Å²) in [5.74, 6) is 0.207. The highest BCUT2D eigenvalue weighted by Gasteiger charge is 2.19. The van der Waals surface area contributed by atoms with Crippen molar-refractivity contribution in [3.8, 4) is 0 Å². The summed E-state index contributed by atoms with van der Waals surface area (Å²) in [4.78, 5) is 20.2. The molecule has 22 heavy (non-hydrogen) atoms. The first-order valence-electron chi connectivity index (χ1n) is 8.73. The maximum Gasteiger partial charge on any atom is 0.219 e. The van der Waals surface area contributed by atoms with E-state index in [2.05, 4.69) is 49.4 Å². The van der Waals surface area contributed by atoms with E-state index in [4.69, 9.17) is 0 Å². The zero-order valence-corrected chi connectivity index (χ0v) is 15.5. The van der Waals surface area contributed by atoms with E-state index in [0.29, 0.717) is 6.04 Å². The highest BCUT2D eigenvalue weighted by atomic mass is 16.2. The fourth-order valence-electron chi connectivity index (χ4n) is 2.89. The number of carbonyl (C=O) groups is 1. The highest BCUT2D eigenvalue weighted by Crippen LogP contribution is 2.05. The van der Waals surface area contributed by atoms with Crippen LogP contribution in [-0.2, 0) is 4.79 Å². The second kappa shape index (κ2) is 9.48. The number of hydrogen-bond acceptors (Lipinski definition) is 4. The zero-order valence-electron chi connectivity index (χ0n) is 15.5. The van der Waals surface area contributed by atoms with Gasteiger partial charge in [-0.1, -0.05) is 0 Å². The van der Waals surface area contributed by atoms with Gasteiger partial charge in [-0.15, -0.1) is 0 Å². The fraction of sp³-hybridized carbons (Fsp3) is 0.941. The van der Waals surface area contributed by atoms with Gasteiger partial charge in [-0.3, -0.25) is 14.6 Å². The van der Waals surface area contributed by atoms with Gasteiger partial charge in [0.25, 0.3) is 0 Å². The number of hydrogen-bond donors (Lipinski definition) is 0. The molecule has 5 nitrogen and oxygen atoms in total. The Kier molecular flexibility index (Phi) is 8.36. The van der Waals surface area contributed by atoms with E-state index in [-0.39, 0.29) is 5.91 Å². The third kappa shape index (κ3) is 6.63. The van der Waals surface area contributed by atoms with Crippen LogP contribution in [0.25, 0.3) is 0 Å². The minimum absolute atomic E-state index is 0.207. The Labute approximate surface area is 137 Å². The molecular formula is C17H36N4O. The van der Waals surface area contributed by atoms with Crippen molar-refractivity contribution in [1.29, 1.82) is 0 Å². The Bertz CT molecular complexity index is 317. The smallest absolute Gasteiger partial charge is 0.219 e. The van der Waals surface area contributed by atoms with Gasteiger partial charge in [0.1, 0.15) is 0 Å². The van der Waals surface area contributed by atoms with Crippen LogP contribution in [0.4, 0.5) is 0 Å². The first-order valence-corrected chi connectivity index (χ1v) is 8.73. The molecule has 0 N–H and O–H groups in total. The fourth-order valence-corrected chi connectivity index (χ4v) is 2.89. The molecule has 130 valence electrons. The Morgan fingerprint density at radius 2 is 1.09 bits per heavy atom. The zero-order chi connectivity index (χ0) is 16.7. The van der Waals surface area contributed by atoms with Crippen molar-refractivity contribution in [2.45, 2.75) is 46.7 Å². The van der Waals surface area contributed by atoms with Crippen molar-refractivity contribution in [2.24, 2.45) is 0 Å². The maximum absolute atomic E-state index is 11.0. The van der Waals surface area contributed by atoms with Gasteiger partial charge in [-0.25, -0.2) is 0 Å². The van der Waals surface area contributed by atoms with Gasteiger partial charge in [-0.05, 0) is 34.7 Å². The molecule has 0 radical (unpaired) electrons. The van der Waals surface area contributed by atoms with Crippen LogP contribution in [0.1, 0.15) is 34.6 Å². The predicted octanol–water partition coefficient (Wildman–Crippen LogP) is 1.20. The van der Waals surface area contributed by atoms with E-state index in [1.807, 2.05) is 4.90 Å². The van der Waals surface area contributed by atoms with Crippen LogP contribution < -0.4 is 0 Å². The van der Waals surface area contributed by atoms with Crippen LogP contribution in [0.15, 0.2) is 0 Å². The Morgan fingerprint density at radius 1 is 0.727 bits per heavy atom. The lowest BCUT2D eigenvalue weighted by atomic mass is 10.2. The number of carbonyl (C=O) groups excluding carboxylic acids is 1. The van der Waals surface area contributed by atoms with Gasteiger partial charge in [-0.2, -0.15) is 0 Å². The highest BCUT2D eigenvalue weighted by molar-refractivity contribution is 5.73. The number of amides is 1. The van der Waals surface area contributed by atoms with Gasteiger partial charge in [0.15, 0.2) is 0 Å². The lowest BCUT2D eigenvalue weighted by Gasteiger charge is -2.36. The Morgan fingerprint density at radius 3 is 1.41 bits per heavy atom. The number of piperazine rings is 2. The molecule has 2 fully saturated rings. The third-order valence-electron chi connectivity index (χ3n) is 4.76. The Hall–Kier alpha value is -0.650. The van der Waals surface area contributed by atoms with E-state index in [9.17, 15) is 4.79 Å². The molecule has 0 aromatic heterocycles. The van der Waals surface area contributed by atoms with E-state index < -0.39 is 0 Å². The summed E-state index contributed by atoms with van der Waals surface area (Å²) in [5.41, 5.74) is 0. The molecule has 2 aliphatic rings. The summed E-state index contributed by atoms with van der Waals surface area (Å²) >= 11 is 0. The second-order valence-corrected chi connectivity index (χ2v) is 7.07. The molecule has 0 bridgehead atoms. The van der Waals surface area contributed by atoms with Crippen molar-refractivity contribution in [1.82, 2.24) is 19.6 Å². The minimum atomic E-state index is 0.207. The van der Waals surface area contributed by atoms with Crippen LogP contribution >= 0.6 is 0 Å². The van der Waals surface area contributed by atoms with E-state index in [1.165, 1.54) is 26.2 Å². The molecule has 2 aliphatic heterocycles. The normalized spacial score (nSPS) is 21.9. The molecule has 2 heterocycles. The number of rotatable bonds is 2. The second-order valence-electron chi connectivity index (χ2n) is 7.07. The van der Waals surface area contributed by atoms with Crippen molar-refractivity contribution < 1.29 is 4.79 Å². The molecule has 2 rings (SSSR count). The van der Waals surface area contributed by atoms with Crippen LogP contribution in [0.5, 0.6) is 0 Å². The minimum Gasteiger partial charge on any atom is -0.340 e. The molecule has 0 saturated carbocycles. The summed E-state index contributed by atoms with van der Waals surface area (Å²) < 4.78 is 0. The van der Waals surface area contributed by atoms with Crippen LogP contribution in [0.2, 0.25) is 0 Å². The van der Waals surface area contributed by atoms with Gasteiger partial charge >= 0.3 is 0 Å². The lowest BCUT2D eigenvalue weighted by molar-refractivity contribution is -0.130. The maximum atomic E-state index is 11.0. The van der Waals surface area contributed by atoms with Crippen molar-refractivity contribution in [3.05, 3.63) is 0 Å². The van der Waals surface area contributed by atoms with Gasteiger partial charge in [0, 0.05) is 71.4 Å². The van der Waals surface area contributed by atoms with Crippen LogP contribution in [-0.4, -0.2) is 97.0 Å². The van der Waals surface area contributed by atoms with Gasteiger partial charge in [0.05, 0.1) is 0 Å². The molecule has 0 aliphatic carbocycles. The number of likely N-dealkylation sites (N-methyl/N-ethyl adjacent to an activating group) is 1. The molecule has 0 atom stereocenters. The third-order valence-corrected chi connectivity index (χ3v) is 4.76. The first-order chi connectivity index (χ1) is 10.3. The summed E-state index contributed by atoms with van der Waals surface area (Å²) in [6, 6.07) is 1.34. The number of nitrogens with zero attached hydrogens (tertiary/aromatic N) is 4. The summed E-state index contributed by atoms with van der Waals surface area (Å²) in [6.45, 7) is 19.4. The molecular weight excluding hydrogens is 276 g/mol. The van der Waals surface area contributed by atoms with Crippen LogP contribution in [0.3, 0.4) is 0 Å². The monoisotopic (exact) mass is 312 g/mol. The molecule has 2 saturated heterocycles. The summed E-state index contributed by atoms with van der Waals surface area (Å²) in [7, 11) is 2.19. The molecule has 0 unspecified atom stereocenters. The van der Waals surface area contributed by atoms with E-state index >= 15 is 0 Å². The van der Waals surface area contributed by atoms with Crippen molar-refractivity contribution in [2.75, 3.05) is 59.4 Å². The SMILES string of the molecule is CC(=O)N1CCN(C(C)C)CC1.CC(C)N1CCN(C)CC1. The van der Waals surface area contributed by atoms with E-state index in [1.54, 1.807) is 6.92 Å². The predicted molar refractivity (Wildman–Crippen MR) is 93.2 cm³/mol. The summed E-state index contributed by atoms with van der Waals surface area (Å²) in [6.07, 6.45) is 0. The summed E-state index contributed by atoms with van der Waals surface area (Å²) in [5, 5.41) is 0. The topological polar surface area (TPSA) is 30.0 Å². The Balaban J connectivity index is 0.000000224. The average molecular weight is 313 g/mol. The van der Waals surface area contributed by atoms with E-state index in [0.717, 1.165) is 32.2 Å². The van der Waals surface area contributed by atoms with Crippen molar-refractivity contribution in [3.63, 3.8) is 0 Å². The molecule has 1 amide bonds. The standard InChI is InChI=1S/C9H18N2O.C8H18N2/c1-8(2)10-4-6-11(7-5-10)9(3)12;1-8(2)10-6-4-9(3)5-7-10/h8H,4-7H2,1-3H3;8H,4-7H2,1-3H3. The largest absolute Gasteiger partial charge is 0.340 e. The van der Waals surface area contributed by atoms with Crippen molar-refractivity contribution >= 4 is 5.91 Å². The van der Waals surface area contributed by atoms with Gasteiger partial charge < -0.3 is 9.80 Å². The quantitative estimate of drug-likeness (QED) is 0.766. The van der Waals surface area contributed by atoms with Crippen LogP contribution in [0, 0.1) is 0 Å².